The van der Waals surface area contributed by atoms with Crippen molar-refractivity contribution in [1.82, 2.24) is 10.3 Å². The van der Waals surface area contributed by atoms with E-state index in [1.54, 1.807) is 31.6 Å². The topological polar surface area (TPSA) is 63.7 Å². The van der Waals surface area contributed by atoms with E-state index in [9.17, 15) is 4.79 Å². The van der Waals surface area contributed by atoms with Crippen LogP contribution in [0.4, 0.5) is 5.13 Å². The highest BCUT2D eigenvalue weighted by Gasteiger charge is 2.18. The molecule has 7 heteroatoms. The molecule has 0 radical (unpaired) electrons. The second kappa shape index (κ2) is 9.00. The van der Waals surface area contributed by atoms with Crippen LogP contribution in [-0.2, 0) is 4.74 Å². The summed E-state index contributed by atoms with van der Waals surface area (Å²) in [7, 11) is 3.29. The summed E-state index contributed by atoms with van der Waals surface area (Å²) in [5.74, 6) is 0.624. The van der Waals surface area contributed by atoms with Gasteiger partial charge in [0.25, 0.3) is 5.91 Å². The number of thiazole rings is 1. The third-order valence-corrected chi connectivity index (χ3v) is 5.32. The van der Waals surface area contributed by atoms with Gasteiger partial charge in [-0.2, -0.15) is 0 Å². The molecule has 1 saturated heterocycles. The lowest BCUT2D eigenvalue weighted by molar-refractivity contribution is 0.0948. The Bertz CT molecular complexity index is 741. The molecule has 140 valence electrons. The van der Waals surface area contributed by atoms with Crippen molar-refractivity contribution in [3.05, 3.63) is 29.1 Å². The van der Waals surface area contributed by atoms with E-state index in [0.717, 1.165) is 41.6 Å². The molecule has 2 heterocycles. The third-order valence-electron chi connectivity index (χ3n) is 4.42. The van der Waals surface area contributed by atoms with Crippen LogP contribution in [0.15, 0.2) is 23.6 Å². The fourth-order valence-corrected chi connectivity index (χ4v) is 3.89. The van der Waals surface area contributed by atoms with Crippen LogP contribution in [0.1, 0.15) is 29.6 Å². The Balaban J connectivity index is 1.78. The average molecular weight is 375 g/mol. The molecule has 2 aromatic rings. The molecule has 1 fully saturated rings. The molecule has 1 aromatic heterocycles. The molecule has 3 rings (SSSR count). The first-order chi connectivity index (χ1) is 12.7. The van der Waals surface area contributed by atoms with Crippen LogP contribution < -0.4 is 15.0 Å². The van der Waals surface area contributed by atoms with Gasteiger partial charge in [-0.1, -0.05) is 0 Å². The van der Waals surface area contributed by atoms with Crippen LogP contribution in [-0.4, -0.2) is 51.4 Å². The van der Waals surface area contributed by atoms with Gasteiger partial charge < -0.3 is 19.7 Å². The molecule has 1 aromatic carbocycles. The fraction of sp³-hybridized carbons (Fsp3) is 0.474. The molecule has 0 saturated carbocycles. The first-order valence-corrected chi connectivity index (χ1v) is 9.77. The predicted octanol–water partition coefficient (Wildman–Crippen LogP) is 3.19. The van der Waals surface area contributed by atoms with Crippen LogP contribution in [0.3, 0.4) is 0 Å². The number of amides is 1. The highest BCUT2D eigenvalue weighted by atomic mass is 32.1. The van der Waals surface area contributed by atoms with Gasteiger partial charge in [0, 0.05) is 49.9 Å². The number of nitrogens with zero attached hydrogens (tertiary/aromatic N) is 2. The number of carbonyl (C=O) groups excluding carboxylic acids is 1. The molecule has 0 bridgehead atoms. The molecule has 0 unspecified atom stereocenters. The van der Waals surface area contributed by atoms with Gasteiger partial charge in [0.2, 0.25) is 0 Å². The number of hydrogen-bond acceptors (Lipinski definition) is 6. The summed E-state index contributed by atoms with van der Waals surface area (Å²) in [6.07, 6.45) is 3.23. The van der Waals surface area contributed by atoms with E-state index in [2.05, 4.69) is 10.2 Å². The number of nitrogens with one attached hydrogen (secondary N) is 1. The van der Waals surface area contributed by atoms with Gasteiger partial charge in [-0.25, -0.2) is 4.98 Å². The molecule has 0 aliphatic carbocycles. The Labute approximate surface area is 158 Å². The van der Waals surface area contributed by atoms with E-state index in [1.165, 1.54) is 12.8 Å². The number of carbonyl (C=O) groups is 1. The van der Waals surface area contributed by atoms with Crippen LogP contribution in [0, 0.1) is 0 Å². The van der Waals surface area contributed by atoms with Gasteiger partial charge >= 0.3 is 0 Å². The number of aromatic nitrogens is 1. The lowest BCUT2D eigenvalue weighted by Gasteiger charge is -2.13. The molecule has 6 nitrogen and oxygen atoms in total. The summed E-state index contributed by atoms with van der Waals surface area (Å²) < 4.78 is 10.5. The lowest BCUT2D eigenvalue weighted by Crippen LogP contribution is -2.25. The number of methoxy groups -OCH3 is 2. The minimum absolute atomic E-state index is 0.0972. The fourth-order valence-electron chi connectivity index (χ4n) is 3.01. The monoisotopic (exact) mass is 375 g/mol. The zero-order chi connectivity index (χ0) is 18.4. The molecule has 1 N–H and O–H groups in total. The summed E-state index contributed by atoms with van der Waals surface area (Å²) >= 11 is 1.64. The van der Waals surface area contributed by atoms with Crippen molar-refractivity contribution in [3.8, 4) is 17.0 Å². The quantitative estimate of drug-likeness (QED) is 0.718. The smallest absolute Gasteiger partial charge is 0.251 e. The van der Waals surface area contributed by atoms with Gasteiger partial charge in [0.15, 0.2) is 5.13 Å². The highest BCUT2D eigenvalue weighted by molar-refractivity contribution is 7.14. The zero-order valence-electron chi connectivity index (χ0n) is 15.3. The van der Waals surface area contributed by atoms with E-state index in [0.29, 0.717) is 18.7 Å². The van der Waals surface area contributed by atoms with E-state index in [1.807, 2.05) is 17.5 Å². The van der Waals surface area contributed by atoms with Crippen LogP contribution in [0.25, 0.3) is 11.3 Å². The van der Waals surface area contributed by atoms with Gasteiger partial charge in [0.05, 0.1) is 12.8 Å². The Morgan fingerprint density at radius 1 is 1.31 bits per heavy atom. The normalized spacial score (nSPS) is 13.8. The van der Waals surface area contributed by atoms with Crippen LogP contribution >= 0.6 is 11.3 Å². The molecule has 26 heavy (non-hydrogen) atoms. The highest BCUT2D eigenvalue weighted by Crippen LogP contribution is 2.35. The van der Waals surface area contributed by atoms with Crippen molar-refractivity contribution < 1.29 is 14.3 Å². The number of benzene rings is 1. The summed E-state index contributed by atoms with van der Waals surface area (Å²) in [4.78, 5) is 19.5. The molecular formula is C19H25N3O3S. The molecule has 1 amide bonds. The Morgan fingerprint density at radius 3 is 2.85 bits per heavy atom. The molecule has 0 spiro atoms. The number of rotatable bonds is 8. The second-order valence-corrected chi connectivity index (χ2v) is 7.06. The van der Waals surface area contributed by atoms with Crippen LogP contribution in [0.2, 0.25) is 0 Å². The summed E-state index contributed by atoms with van der Waals surface area (Å²) in [6.45, 7) is 3.35. The van der Waals surface area contributed by atoms with Gasteiger partial charge in [-0.3, -0.25) is 4.79 Å². The Hall–Kier alpha value is -2.12. The largest absolute Gasteiger partial charge is 0.496 e. The first-order valence-electron chi connectivity index (χ1n) is 8.89. The average Bonchev–Trinajstić information content (AvgIpc) is 3.36. The maximum absolute atomic E-state index is 12.4. The SMILES string of the molecule is COCCCNC(=O)c1ccc(OC)c(-c2csc(N3CCCC3)n2)c1. The Kier molecular flexibility index (Phi) is 6.46. The van der Waals surface area contributed by atoms with Gasteiger partial charge in [-0.15, -0.1) is 11.3 Å². The van der Waals surface area contributed by atoms with Gasteiger partial charge in [0.1, 0.15) is 5.75 Å². The minimum atomic E-state index is -0.0972. The van der Waals surface area contributed by atoms with E-state index in [4.69, 9.17) is 14.5 Å². The van der Waals surface area contributed by atoms with Gasteiger partial charge in [-0.05, 0) is 37.5 Å². The summed E-state index contributed by atoms with van der Waals surface area (Å²) in [6, 6.07) is 5.46. The first kappa shape index (κ1) is 18.7. The second-order valence-electron chi connectivity index (χ2n) is 6.23. The van der Waals surface area contributed by atoms with E-state index >= 15 is 0 Å². The van der Waals surface area contributed by atoms with Crippen molar-refractivity contribution in [2.75, 3.05) is 45.4 Å². The van der Waals surface area contributed by atoms with E-state index < -0.39 is 0 Å². The number of anilines is 1. The number of hydrogen-bond donors (Lipinski definition) is 1. The minimum Gasteiger partial charge on any atom is -0.496 e. The van der Waals surface area contributed by atoms with E-state index in [-0.39, 0.29) is 5.91 Å². The van der Waals surface area contributed by atoms with Crippen molar-refractivity contribution in [2.24, 2.45) is 0 Å². The summed E-state index contributed by atoms with van der Waals surface area (Å²) in [5.41, 5.74) is 2.30. The Morgan fingerprint density at radius 2 is 2.12 bits per heavy atom. The zero-order valence-corrected chi connectivity index (χ0v) is 16.1. The van der Waals surface area contributed by atoms with Crippen LogP contribution in [0.5, 0.6) is 5.75 Å². The standard InChI is InChI=1S/C19H25N3O3S/c1-24-11-5-8-20-18(23)14-6-7-17(25-2)15(12-14)16-13-26-19(21-16)22-9-3-4-10-22/h6-7,12-13H,3-5,8-11H2,1-2H3,(H,20,23). The maximum atomic E-state index is 12.4. The number of ether oxygens (including phenoxy) is 2. The van der Waals surface area contributed by atoms with Crippen molar-refractivity contribution in [2.45, 2.75) is 19.3 Å². The van der Waals surface area contributed by atoms with Crippen molar-refractivity contribution in [1.29, 1.82) is 0 Å². The molecule has 0 atom stereocenters. The third kappa shape index (κ3) is 4.34. The molecule has 1 aliphatic heterocycles. The predicted molar refractivity (Wildman–Crippen MR) is 104 cm³/mol. The molecular weight excluding hydrogens is 350 g/mol. The summed E-state index contributed by atoms with van der Waals surface area (Å²) in [5, 5.41) is 5.98. The van der Waals surface area contributed by atoms with Crippen molar-refractivity contribution >= 4 is 22.4 Å². The lowest BCUT2D eigenvalue weighted by atomic mass is 10.1. The van der Waals surface area contributed by atoms with Crippen molar-refractivity contribution in [3.63, 3.8) is 0 Å². The molecule has 1 aliphatic rings. The maximum Gasteiger partial charge on any atom is 0.251 e.